The molecule has 0 atom stereocenters. The van der Waals surface area contributed by atoms with Crippen molar-refractivity contribution in [1.29, 1.82) is 0 Å². The Bertz CT molecular complexity index is 804. The van der Waals surface area contributed by atoms with Crippen LogP contribution in [0, 0.1) is 0 Å². The fourth-order valence-corrected chi connectivity index (χ4v) is 3.11. The van der Waals surface area contributed by atoms with E-state index in [0.717, 1.165) is 38.6 Å². The predicted octanol–water partition coefficient (Wildman–Crippen LogP) is 5.05. The highest BCUT2D eigenvalue weighted by Gasteiger charge is 2.30. The molecule has 1 aromatic heterocycles. The summed E-state index contributed by atoms with van der Waals surface area (Å²) >= 11 is 1.56. The molecule has 0 aliphatic heterocycles. The third kappa shape index (κ3) is 2.66. The molecule has 0 spiro atoms. The van der Waals surface area contributed by atoms with Crippen LogP contribution < -0.4 is 4.90 Å². The van der Waals surface area contributed by atoms with Crippen molar-refractivity contribution in [1.82, 2.24) is 4.98 Å². The molecule has 0 radical (unpaired) electrons. The van der Waals surface area contributed by atoms with Crippen LogP contribution in [0.5, 0.6) is 0 Å². The second kappa shape index (κ2) is 5.28. The zero-order valence-corrected chi connectivity index (χ0v) is 12.8. The van der Waals surface area contributed by atoms with Crippen LogP contribution in [0.2, 0.25) is 0 Å². The summed E-state index contributed by atoms with van der Waals surface area (Å²) in [6.45, 7) is 0. The molecular weight excluding hydrogens is 309 g/mol. The Morgan fingerprint density at radius 3 is 2.27 bits per heavy atom. The molecule has 0 aliphatic carbocycles. The number of nitrogens with zero attached hydrogens (tertiary/aromatic N) is 2. The lowest BCUT2D eigenvalue weighted by molar-refractivity contribution is -0.137. The summed E-state index contributed by atoms with van der Waals surface area (Å²) < 4.78 is 39.0. The molecule has 22 heavy (non-hydrogen) atoms. The van der Waals surface area contributed by atoms with E-state index in [9.17, 15) is 13.2 Å². The largest absolute Gasteiger partial charge is 0.416 e. The minimum atomic E-state index is -4.32. The van der Waals surface area contributed by atoms with Gasteiger partial charge in [-0.15, -0.1) is 0 Å². The number of hydrogen-bond acceptors (Lipinski definition) is 3. The van der Waals surface area contributed by atoms with Gasteiger partial charge in [-0.3, -0.25) is 0 Å². The highest BCUT2D eigenvalue weighted by atomic mass is 32.1. The Morgan fingerprint density at radius 2 is 1.68 bits per heavy atom. The first kappa shape index (κ1) is 14.8. The van der Waals surface area contributed by atoms with Crippen LogP contribution in [0.1, 0.15) is 5.56 Å². The van der Waals surface area contributed by atoms with Gasteiger partial charge in [0.05, 0.1) is 15.8 Å². The maximum Gasteiger partial charge on any atom is 0.416 e. The SMILES string of the molecule is CN(C)c1nc2c(-c3ccc(C(F)(F)F)cc3)cccc2s1. The van der Waals surface area contributed by atoms with Crippen molar-refractivity contribution in [3.05, 3.63) is 48.0 Å². The Balaban J connectivity index is 2.10. The Labute approximate surface area is 129 Å². The summed E-state index contributed by atoms with van der Waals surface area (Å²) in [5, 5.41) is 0.870. The number of halogens is 3. The van der Waals surface area contributed by atoms with Gasteiger partial charge >= 0.3 is 6.18 Å². The van der Waals surface area contributed by atoms with Crippen LogP contribution in [0.4, 0.5) is 18.3 Å². The third-order valence-electron chi connectivity index (χ3n) is 3.31. The summed E-state index contributed by atoms with van der Waals surface area (Å²) in [5.74, 6) is 0. The lowest BCUT2D eigenvalue weighted by Crippen LogP contribution is -2.07. The van der Waals surface area contributed by atoms with E-state index >= 15 is 0 Å². The van der Waals surface area contributed by atoms with E-state index < -0.39 is 11.7 Å². The van der Waals surface area contributed by atoms with Gasteiger partial charge < -0.3 is 4.90 Å². The van der Waals surface area contributed by atoms with Crippen LogP contribution in [0.3, 0.4) is 0 Å². The van der Waals surface area contributed by atoms with E-state index in [-0.39, 0.29) is 0 Å². The zero-order chi connectivity index (χ0) is 15.9. The maximum atomic E-state index is 12.7. The zero-order valence-electron chi connectivity index (χ0n) is 12.0. The summed E-state index contributed by atoms with van der Waals surface area (Å²) in [4.78, 5) is 6.50. The predicted molar refractivity (Wildman–Crippen MR) is 84.4 cm³/mol. The first-order chi connectivity index (χ1) is 10.4. The molecule has 114 valence electrons. The van der Waals surface area contributed by atoms with Crippen LogP contribution in [-0.4, -0.2) is 19.1 Å². The van der Waals surface area contributed by atoms with Crippen molar-refractivity contribution in [2.24, 2.45) is 0 Å². The highest BCUT2D eigenvalue weighted by Crippen LogP contribution is 2.36. The molecule has 3 aromatic rings. The number of rotatable bonds is 2. The van der Waals surface area contributed by atoms with Gasteiger partial charge in [0.15, 0.2) is 5.13 Å². The van der Waals surface area contributed by atoms with E-state index in [2.05, 4.69) is 4.98 Å². The molecule has 6 heteroatoms. The van der Waals surface area contributed by atoms with Crippen molar-refractivity contribution in [2.45, 2.75) is 6.18 Å². The lowest BCUT2D eigenvalue weighted by Gasteiger charge is -2.08. The quantitative estimate of drug-likeness (QED) is 0.656. The average Bonchev–Trinajstić information content (AvgIpc) is 2.90. The Kier molecular flexibility index (Phi) is 3.56. The van der Waals surface area contributed by atoms with Gasteiger partial charge in [0, 0.05) is 19.7 Å². The molecule has 0 bridgehead atoms. The topological polar surface area (TPSA) is 16.1 Å². The molecule has 0 N–H and O–H groups in total. The number of thiazole rings is 1. The van der Waals surface area contributed by atoms with E-state index in [0.29, 0.717) is 0 Å². The first-order valence-corrected chi connectivity index (χ1v) is 7.42. The molecule has 3 rings (SSSR count). The molecule has 0 unspecified atom stereocenters. The molecular formula is C16H13F3N2S. The molecule has 0 fully saturated rings. The Hall–Kier alpha value is -2.08. The van der Waals surface area contributed by atoms with Crippen LogP contribution in [-0.2, 0) is 6.18 Å². The van der Waals surface area contributed by atoms with E-state index in [4.69, 9.17) is 0 Å². The van der Waals surface area contributed by atoms with Crippen LogP contribution in [0.25, 0.3) is 21.3 Å². The van der Waals surface area contributed by atoms with E-state index in [1.807, 2.05) is 37.2 Å². The fourth-order valence-electron chi connectivity index (χ4n) is 2.20. The molecule has 2 nitrogen and oxygen atoms in total. The monoisotopic (exact) mass is 322 g/mol. The van der Waals surface area contributed by atoms with Gasteiger partial charge in [-0.05, 0) is 23.8 Å². The molecule has 0 saturated heterocycles. The van der Waals surface area contributed by atoms with Crippen molar-refractivity contribution in [3.8, 4) is 11.1 Å². The number of benzene rings is 2. The number of aromatic nitrogens is 1. The van der Waals surface area contributed by atoms with Gasteiger partial charge in [-0.25, -0.2) is 4.98 Å². The van der Waals surface area contributed by atoms with Crippen molar-refractivity contribution < 1.29 is 13.2 Å². The van der Waals surface area contributed by atoms with Gasteiger partial charge in [0.25, 0.3) is 0 Å². The number of para-hydroxylation sites is 1. The standard InChI is InChI=1S/C16H13F3N2S/c1-21(2)15-20-14-12(4-3-5-13(14)22-15)10-6-8-11(9-7-10)16(17,18)19/h3-9H,1-2H3. The molecule has 2 aromatic carbocycles. The van der Waals surface area contributed by atoms with E-state index in [1.165, 1.54) is 12.1 Å². The molecule has 0 saturated carbocycles. The summed E-state index contributed by atoms with van der Waals surface area (Å²) in [7, 11) is 3.82. The summed E-state index contributed by atoms with van der Waals surface area (Å²) in [6.07, 6.45) is -4.32. The van der Waals surface area contributed by atoms with Gasteiger partial charge in [-0.1, -0.05) is 35.6 Å². The molecule has 0 amide bonds. The second-order valence-electron chi connectivity index (χ2n) is 5.12. The van der Waals surface area contributed by atoms with Crippen molar-refractivity contribution in [3.63, 3.8) is 0 Å². The average molecular weight is 322 g/mol. The van der Waals surface area contributed by atoms with E-state index in [1.54, 1.807) is 11.3 Å². The third-order valence-corrected chi connectivity index (χ3v) is 4.50. The number of hydrogen-bond donors (Lipinski definition) is 0. The normalized spacial score (nSPS) is 11.9. The minimum absolute atomic E-state index is 0.643. The summed E-state index contributed by atoms with van der Waals surface area (Å²) in [6, 6.07) is 10.9. The van der Waals surface area contributed by atoms with Crippen molar-refractivity contribution >= 4 is 26.7 Å². The fraction of sp³-hybridized carbons (Fsp3) is 0.188. The van der Waals surface area contributed by atoms with Gasteiger partial charge in [0.1, 0.15) is 0 Å². The minimum Gasteiger partial charge on any atom is -0.354 e. The first-order valence-electron chi connectivity index (χ1n) is 6.61. The number of anilines is 1. The number of fused-ring (bicyclic) bond motifs is 1. The highest BCUT2D eigenvalue weighted by molar-refractivity contribution is 7.22. The lowest BCUT2D eigenvalue weighted by atomic mass is 10.0. The van der Waals surface area contributed by atoms with Gasteiger partial charge in [0.2, 0.25) is 0 Å². The second-order valence-corrected chi connectivity index (χ2v) is 6.13. The Morgan fingerprint density at radius 1 is 1.00 bits per heavy atom. The van der Waals surface area contributed by atoms with Crippen LogP contribution >= 0.6 is 11.3 Å². The maximum absolute atomic E-state index is 12.7. The molecule has 1 heterocycles. The molecule has 0 aliphatic rings. The van der Waals surface area contributed by atoms with Crippen LogP contribution in [0.15, 0.2) is 42.5 Å². The van der Waals surface area contributed by atoms with Crippen molar-refractivity contribution in [2.75, 3.05) is 19.0 Å². The number of alkyl halides is 3. The van der Waals surface area contributed by atoms with Gasteiger partial charge in [-0.2, -0.15) is 13.2 Å². The smallest absolute Gasteiger partial charge is 0.354 e. The summed E-state index contributed by atoms with van der Waals surface area (Å²) in [5.41, 5.74) is 1.75.